The van der Waals surface area contributed by atoms with Crippen LogP contribution in [0.4, 0.5) is 14.9 Å². The first kappa shape index (κ1) is 20.4. The molecule has 146 valence electrons. The average molecular weight is 388 g/mol. The summed E-state index contributed by atoms with van der Waals surface area (Å²) in [4.78, 5) is 13.5. The molecule has 0 aliphatic carbocycles. The van der Waals surface area contributed by atoms with Gasteiger partial charge < -0.3 is 20.3 Å². The molecule has 1 fully saturated rings. The van der Waals surface area contributed by atoms with Crippen LogP contribution in [0.1, 0.15) is 0 Å². The van der Waals surface area contributed by atoms with Crippen molar-refractivity contribution in [3.05, 3.63) is 30.1 Å². The molecule has 0 spiro atoms. The maximum Gasteiger partial charge on any atom is 0.314 e. The van der Waals surface area contributed by atoms with Gasteiger partial charge in [0, 0.05) is 52.1 Å². The molecule has 1 heterocycles. The molecule has 2 rings (SSSR count). The van der Waals surface area contributed by atoms with Gasteiger partial charge in [0.2, 0.25) is 10.0 Å². The van der Waals surface area contributed by atoms with Crippen molar-refractivity contribution in [3.8, 4) is 0 Å². The molecule has 0 unspecified atom stereocenters. The van der Waals surface area contributed by atoms with E-state index in [1.807, 2.05) is 4.90 Å². The summed E-state index contributed by atoms with van der Waals surface area (Å²) in [6.45, 7) is 2.59. The van der Waals surface area contributed by atoms with Crippen molar-refractivity contribution in [2.45, 2.75) is 0 Å². The van der Waals surface area contributed by atoms with Crippen LogP contribution < -0.4 is 15.5 Å². The van der Waals surface area contributed by atoms with E-state index in [1.165, 1.54) is 23.5 Å². The maximum absolute atomic E-state index is 13.0. The molecule has 0 aromatic heterocycles. The lowest BCUT2D eigenvalue weighted by atomic mass is 10.2. The average Bonchev–Trinajstić information content (AvgIpc) is 2.62. The molecule has 8 nitrogen and oxygen atoms in total. The zero-order valence-electron chi connectivity index (χ0n) is 14.8. The van der Waals surface area contributed by atoms with Crippen molar-refractivity contribution in [2.24, 2.45) is 0 Å². The van der Waals surface area contributed by atoms with Crippen molar-refractivity contribution < 1.29 is 22.3 Å². The van der Waals surface area contributed by atoms with Gasteiger partial charge in [0.25, 0.3) is 0 Å². The van der Waals surface area contributed by atoms with Crippen molar-refractivity contribution in [1.29, 1.82) is 0 Å². The minimum absolute atomic E-state index is 0.0410. The molecule has 0 bridgehead atoms. The van der Waals surface area contributed by atoms with Gasteiger partial charge in [0.1, 0.15) is 5.82 Å². The second-order valence-corrected chi connectivity index (χ2v) is 7.94. The van der Waals surface area contributed by atoms with Crippen molar-refractivity contribution in [1.82, 2.24) is 14.9 Å². The molecule has 2 amide bonds. The molecule has 26 heavy (non-hydrogen) atoms. The molecule has 0 radical (unpaired) electrons. The fourth-order valence-electron chi connectivity index (χ4n) is 2.63. The van der Waals surface area contributed by atoms with Gasteiger partial charge in [0.05, 0.1) is 12.4 Å². The number of benzene rings is 1. The molecule has 2 N–H and O–H groups in total. The van der Waals surface area contributed by atoms with Gasteiger partial charge >= 0.3 is 6.03 Å². The Kier molecular flexibility index (Phi) is 7.61. The Morgan fingerprint density at radius 1 is 1.12 bits per heavy atom. The Balaban J connectivity index is 1.74. The van der Waals surface area contributed by atoms with Crippen LogP contribution in [0.2, 0.25) is 0 Å². The number of ether oxygens (including phenoxy) is 1. The van der Waals surface area contributed by atoms with Crippen LogP contribution in [-0.4, -0.2) is 77.5 Å². The van der Waals surface area contributed by atoms with Gasteiger partial charge in [-0.1, -0.05) is 0 Å². The van der Waals surface area contributed by atoms with Gasteiger partial charge in [-0.25, -0.2) is 17.6 Å². The summed E-state index contributed by atoms with van der Waals surface area (Å²) in [5.41, 5.74) is 0.873. The summed E-state index contributed by atoms with van der Waals surface area (Å²) in [6, 6.07) is 5.74. The molecule has 1 saturated heterocycles. The summed E-state index contributed by atoms with van der Waals surface area (Å²) in [5.74, 6) is -0.449. The summed E-state index contributed by atoms with van der Waals surface area (Å²) >= 11 is 0. The largest absolute Gasteiger partial charge is 0.383 e. The minimum Gasteiger partial charge on any atom is -0.383 e. The number of carbonyl (C=O) groups is 1. The quantitative estimate of drug-likeness (QED) is 0.622. The first-order chi connectivity index (χ1) is 12.4. The monoisotopic (exact) mass is 388 g/mol. The van der Waals surface area contributed by atoms with Gasteiger partial charge in [-0.2, -0.15) is 4.31 Å². The van der Waals surface area contributed by atoms with E-state index in [0.29, 0.717) is 39.3 Å². The SMILES string of the molecule is COCCNC(=O)NCCS(=O)(=O)N1CCN(c2ccc(F)cc2)CC1. The van der Waals surface area contributed by atoms with Crippen LogP contribution in [0, 0.1) is 5.82 Å². The third kappa shape index (κ3) is 6.11. The van der Waals surface area contributed by atoms with E-state index in [0.717, 1.165) is 5.69 Å². The number of hydrogen-bond acceptors (Lipinski definition) is 5. The first-order valence-corrected chi connectivity index (χ1v) is 10.0. The number of anilines is 1. The second-order valence-electron chi connectivity index (χ2n) is 5.85. The second kappa shape index (κ2) is 9.70. The van der Waals surface area contributed by atoms with Crippen LogP contribution in [-0.2, 0) is 14.8 Å². The van der Waals surface area contributed by atoms with Crippen LogP contribution in [0.3, 0.4) is 0 Å². The van der Waals surface area contributed by atoms with Crippen molar-refractivity contribution >= 4 is 21.7 Å². The number of nitrogens with one attached hydrogen (secondary N) is 2. The summed E-state index contributed by atoms with van der Waals surface area (Å²) in [5, 5.41) is 5.08. The van der Waals surface area contributed by atoms with Gasteiger partial charge in [0.15, 0.2) is 0 Å². The number of piperazine rings is 1. The topological polar surface area (TPSA) is 91.0 Å². The number of nitrogens with zero attached hydrogens (tertiary/aromatic N) is 2. The fraction of sp³-hybridized carbons (Fsp3) is 0.562. The molecule has 1 aliphatic heterocycles. The van der Waals surface area contributed by atoms with E-state index >= 15 is 0 Å². The summed E-state index contributed by atoms with van der Waals surface area (Å²) < 4.78 is 44.0. The van der Waals surface area contributed by atoms with Crippen LogP contribution in [0.5, 0.6) is 0 Å². The third-order valence-electron chi connectivity index (χ3n) is 4.06. The highest BCUT2D eigenvalue weighted by Crippen LogP contribution is 2.18. The minimum atomic E-state index is -3.44. The van der Waals surface area contributed by atoms with Crippen LogP contribution in [0.15, 0.2) is 24.3 Å². The number of amides is 2. The highest BCUT2D eigenvalue weighted by Gasteiger charge is 2.26. The normalized spacial score (nSPS) is 15.7. The smallest absolute Gasteiger partial charge is 0.314 e. The lowest BCUT2D eigenvalue weighted by molar-refractivity contribution is 0.196. The van der Waals surface area contributed by atoms with E-state index in [9.17, 15) is 17.6 Å². The number of methoxy groups -OCH3 is 1. The van der Waals surface area contributed by atoms with Gasteiger partial charge in [-0.15, -0.1) is 0 Å². The molecule has 10 heteroatoms. The van der Waals surface area contributed by atoms with Crippen molar-refractivity contribution in [2.75, 3.05) is 63.6 Å². The van der Waals surface area contributed by atoms with Crippen LogP contribution >= 0.6 is 0 Å². The van der Waals surface area contributed by atoms with Gasteiger partial charge in [-0.3, -0.25) is 0 Å². The number of sulfonamides is 1. The number of rotatable bonds is 8. The molecule has 0 saturated carbocycles. The van der Waals surface area contributed by atoms with E-state index in [4.69, 9.17) is 4.74 Å². The summed E-state index contributed by atoms with van der Waals surface area (Å²) in [7, 11) is -1.91. The lowest BCUT2D eigenvalue weighted by Gasteiger charge is -2.35. The fourth-order valence-corrected chi connectivity index (χ4v) is 3.97. The highest BCUT2D eigenvalue weighted by atomic mass is 32.2. The Hall–Kier alpha value is -1.91. The predicted molar refractivity (Wildman–Crippen MR) is 97.3 cm³/mol. The summed E-state index contributed by atoms with van der Waals surface area (Å²) in [6.07, 6.45) is 0. The predicted octanol–water partition coefficient (Wildman–Crippen LogP) is 0.223. The zero-order valence-corrected chi connectivity index (χ0v) is 15.6. The Labute approximate surface area is 153 Å². The molecule has 1 aromatic rings. The molecular formula is C16H25FN4O4S. The molecule has 1 aromatic carbocycles. The van der Waals surface area contributed by atoms with E-state index in [-0.39, 0.29) is 18.1 Å². The zero-order chi connectivity index (χ0) is 19.0. The van der Waals surface area contributed by atoms with E-state index < -0.39 is 16.1 Å². The maximum atomic E-state index is 13.0. The molecule has 0 atom stereocenters. The molecular weight excluding hydrogens is 363 g/mol. The van der Waals surface area contributed by atoms with Gasteiger partial charge in [-0.05, 0) is 24.3 Å². The Morgan fingerprint density at radius 2 is 1.73 bits per heavy atom. The third-order valence-corrected chi connectivity index (χ3v) is 5.93. The number of urea groups is 1. The standard InChI is InChI=1S/C16H25FN4O4S/c1-25-12-6-18-16(22)19-7-13-26(23,24)21-10-8-20(9-11-21)15-4-2-14(17)3-5-15/h2-5H,6-13H2,1H3,(H2,18,19,22). The number of carbonyl (C=O) groups excluding carboxylic acids is 1. The van der Waals surface area contributed by atoms with Crippen LogP contribution in [0.25, 0.3) is 0 Å². The number of halogens is 1. The number of hydrogen-bond donors (Lipinski definition) is 2. The lowest BCUT2D eigenvalue weighted by Crippen LogP contribution is -2.50. The van der Waals surface area contributed by atoms with E-state index in [1.54, 1.807) is 12.1 Å². The first-order valence-electron chi connectivity index (χ1n) is 8.41. The Morgan fingerprint density at radius 3 is 2.35 bits per heavy atom. The molecule has 1 aliphatic rings. The van der Waals surface area contributed by atoms with E-state index in [2.05, 4.69) is 10.6 Å². The Bertz CT molecular complexity index is 676. The van der Waals surface area contributed by atoms with Crippen molar-refractivity contribution in [3.63, 3.8) is 0 Å². The highest BCUT2D eigenvalue weighted by molar-refractivity contribution is 7.89.